The first kappa shape index (κ1) is 17.7. The quantitative estimate of drug-likeness (QED) is 0.381. The Balaban J connectivity index is 1.99. The van der Waals surface area contributed by atoms with Gasteiger partial charge in [-0.2, -0.15) is 0 Å². The van der Waals surface area contributed by atoms with E-state index in [-0.39, 0.29) is 0 Å². The highest BCUT2D eigenvalue weighted by atomic mass is 15.2. The van der Waals surface area contributed by atoms with Crippen molar-refractivity contribution >= 4 is 5.71 Å². The van der Waals surface area contributed by atoms with Crippen molar-refractivity contribution in [2.45, 2.75) is 91.0 Å². The molecule has 1 atom stereocenters. The van der Waals surface area contributed by atoms with Crippen LogP contribution in [0.15, 0.2) is 4.99 Å². The maximum absolute atomic E-state index is 4.79. The van der Waals surface area contributed by atoms with E-state index in [4.69, 9.17) is 4.99 Å². The largest absolute Gasteiger partial charge is 0.295 e. The van der Waals surface area contributed by atoms with Crippen LogP contribution in [0.1, 0.15) is 85.0 Å². The average Bonchev–Trinajstić information content (AvgIpc) is 2.98. The van der Waals surface area contributed by atoms with Gasteiger partial charge in [-0.05, 0) is 46.2 Å². The first-order valence-electron chi connectivity index (χ1n) is 9.00. The van der Waals surface area contributed by atoms with Gasteiger partial charge in [0.25, 0.3) is 0 Å². The normalized spacial score (nSPS) is 18.6. The standard InChI is InChI=1S/C18H36N2/c1-4-5-6-7-8-9-10-11-14-19-17(2)18(3)20-15-12-13-16-20/h18H,4-16H2,1-3H3/b19-17+. The molecule has 1 rings (SSSR count). The molecular weight excluding hydrogens is 244 g/mol. The van der Waals surface area contributed by atoms with E-state index >= 15 is 0 Å². The molecule has 0 aromatic heterocycles. The number of hydrogen-bond acceptors (Lipinski definition) is 2. The molecule has 1 unspecified atom stereocenters. The molecule has 0 spiro atoms. The molecule has 0 aromatic carbocycles. The maximum Gasteiger partial charge on any atom is 0.0445 e. The minimum Gasteiger partial charge on any atom is -0.295 e. The molecule has 1 heterocycles. The SMILES string of the molecule is CCCCCCCCCC/N=C(\C)C(C)N1CCCC1. The lowest BCUT2D eigenvalue weighted by Crippen LogP contribution is -2.35. The number of unbranched alkanes of at least 4 members (excludes halogenated alkanes) is 7. The molecule has 0 saturated carbocycles. The first-order valence-corrected chi connectivity index (χ1v) is 9.00. The Morgan fingerprint density at radius 2 is 1.50 bits per heavy atom. The van der Waals surface area contributed by atoms with E-state index in [0.717, 1.165) is 6.54 Å². The van der Waals surface area contributed by atoms with Gasteiger partial charge in [-0.1, -0.05) is 51.9 Å². The Labute approximate surface area is 127 Å². The minimum atomic E-state index is 0.562. The molecule has 118 valence electrons. The van der Waals surface area contributed by atoms with Crippen molar-refractivity contribution in [3.8, 4) is 0 Å². The fourth-order valence-corrected chi connectivity index (χ4v) is 3.03. The summed E-state index contributed by atoms with van der Waals surface area (Å²) in [5.41, 5.74) is 1.34. The molecule has 2 nitrogen and oxygen atoms in total. The molecule has 2 heteroatoms. The summed E-state index contributed by atoms with van der Waals surface area (Å²) in [6.07, 6.45) is 13.8. The van der Waals surface area contributed by atoms with Crippen LogP contribution in [0.4, 0.5) is 0 Å². The second-order valence-corrected chi connectivity index (χ2v) is 6.42. The van der Waals surface area contributed by atoms with Crippen LogP contribution in [-0.4, -0.2) is 36.3 Å². The van der Waals surface area contributed by atoms with E-state index in [1.54, 1.807) is 0 Å². The zero-order chi connectivity index (χ0) is 14.6. The van der Waals surface area contributed by atoms with Gasteiger partial charge in [0.1, 0.15) is 0 Å². The van der Waals surface area contributed by atoms with Gasteiger partial charge in [0.15, 0.2) is 0 Å². The summed E-state index contributed by atoms with van der Waals surface area (Å²) in [4.78, 5) is 7.37. The van der Waals surface area contributed by atoms with Gasteiger partial charge >= 0.3 is 0 Å². The van der Waals surface area contributed by atoms with Gasteiger partial charge in [0, 0.05) is 18.3 Å². The van der Waals surface area contributed by atoms with E-state index < -0.39 is 0 Å². The lowest BCUT2D eigenvalue weighted by Gasteiger charge is -2.23. The lowest BCUT2D eigenvalue weighted by molar-refractivity contribution is 0.314. The van der Waals surface area contributed by atoms with Gasteiger partial charge in [-0.15, -0.1) is 0 Å². The molecular formula is C18H36N2. The van der Waals surface area contributed by atoms with E-state index in [1.807, 2.05) is 0 Å². The summed E-state index contributed by atoms with van der Waals surface area (Å²) in [7, 11) is 0. The molecule has 0 amide bonds. The first-order chi connectivity index (χ1) is 9.75. The number of hydrogen-bond donors (Lipinski definition) is 0. The van der Waals surface area contributed by atoms with Gasteiger partial charge in [-0.25, -0.2) is 0 Å². The Morgan fingerprint density at radius 1 is 0.950 bits per heavy atom. The van der Waals surface area contributed by atoms with Crippen LogP contribution < -0.4 is 0 Å². The number of aliphatic imine (C=N–C) groups is 1. The van der Waals surface area contributed by atoms with Gasteiger partial charge in [0.05, 0.1) is 0 Å². The molecule has 0 aliphatic carbocycles. The third-order valence-corrected chi connectivity index (χ3v) is 4.67. The van der Waals surface area contributed by atoms with E-state index in [1.165, 1.54) is 83.0 Å². The fraction of sp³-hybridized carbons (Fsp3) is 0.944. The van der Waals surface area contributed by atoms with Gasteiger partial charge < -0.3 is 0 Å². The van der Waals surface area contributed by atoms with Crippen LogP contribution >= 0.6 is 0 Å². The van der Waals surface area contributed by atoms with Crippen molar-refractivity contribution in [3.63, 3.8) is 0 Å². The topological polar surface area (TPSA) is 15.6 Å². The van der Waals surface area contributed by atoms with Crippen LogP contribution in [0.3, 0.4) is 0 Å². The highest BCUT2D eigenvalue weighted by Gasteiger charge is 2.19. The van der Waals surface area contributed by atoms with Crippen molar-refractivity contribution in [1.29, 1.82) is 0 Å². The number of nitrogens with zero attached hydrogens (tertiary/aromatic N) is 2. The van der Waals surface area contributed by atoms with Crippen LogP contribution in [-0.2, 0) is 0 Å². The molecule has 1 fully saturated rings. The highest BCUT2D eigenvalue weighted by Crippen LogP contribution is 2.13. The van der Waals surface area contributed by atoms with E-state index in [0.29, 0.717) is 6.04 Å². The summed E-state index contributed by atoms with van der Waals surface area (Å²) >= 11 is 0. The molecule has 0 aromatic rings. The molecule has 0 bridgehead atoms. The van der Waals surface area contributed by atoms with Crippen LogP contribution in [0.25, 0.3) is 0 Å². The zero-order valence-corrected chi connectivity index (χ0v) is 14.2. The maximum atomic E-state index is 4.79. The van der Waals surface area contributed by atoms with Crippen molar-refractivity contribution in [2.75, 3.05) is 19.6 Å². The second kappa shape index (κ2) is 11.3. The monoisotopic (exact) mass is 280 g/mol. The summed E-state index contributed by atoms with van der Waals surface area (Å²) in [5, 5.41) is 0. The third kappa shape index (κ3) is 7.42. The smallest absolute Gasteiger partial charge is 0.0445 e. The summed E-state index contributed by atoms with van der Waals surface area (Å²) in [6.45, 7) is 10.4. The predicted octanol–water partition coefficient (Wildman–Crippen LogP) is 5.07. The Hall–Kier alpha value is -0.370. The summed E-state index contributed by atoms with van der Waals surface area (Å²) in [5.74, 6) is 0. The highest BCUT2D eigenvalue weighted by molar-refractivity contribution is 5.86. The molecule has 1 saturated heterocycles. The average molecular weight is 281 g/mol. The second-order valence-electron chi connectivity index (χ2n) is 6.42. The summed E-state index contributed by atoms with van der Waals surface area (Å²) in [6, 6.07) is 0.562. The van der Waals surface area contributed by atoms with Crippen molar-refractivity contribution < 1.29 is 0 Å². The molecule has 1 aliphatic rings. The van der Waals surface area contributed by atoms with Crippen LogP contribution in [0, 0.1) is 0 Å². The van der Waals surface area contributed by atoms with Crippen molar-refractivity contribution in [2.24, 2.45) is 4.99 Å². The number of likely N-dealkylation sites (tertiary alicyclic amines) is 1. The van der Waals surface area contributed by atoms with E-state index in [9.17, 15) is 0 Å². The zero-order valence-electron chi connectivity index (χ0n) is 14.2. The van der Waals surface area contributed by atoms with Crippen LogP contribution in [0.2, 0.25) is 0 Å². The number of rotatable bonds is 11. The Morgan fingerprint density at radius 3 is 2.10 bits per heavy atom. The Bertz CT molecular complexity index is 254. The fourth-order valence-electron chi connectivity index (χ4n) is 3.03. The van der Waals surface area contributed by atoms with Gasteiger partial charge in [0.2, 0.25) is 0 Å². The summed E-state index contributed by atoms with van der Waals surface area (Å²) < 4.78 is 0. The van der Waals surface area contributed by atoms with Crippen molar-refractivity contribution in [3.05, 3.63) is 0 Å². The Kier molecular flexibility index (Phi) is 10.00. The lowest BCUT2D eigenvalue weighted by atomic mass is 10.1. The minimum absolute atomic E-state index is 0.562. The molecule has 1 aliphatic heterocycles. The van der Waals surface area contributed by atoms with E-state index in [2.05, 4.69) is 25.7 Å². The third-order valence-electron chi connectivity index (χ3n) is 4.67. The van der Waals surface area contributed by atoms with Crippen molar-refractivity contribution in [1.82, 2.24) is 4.90 Å². The molecule has 20 heavy (non-hydrogen) atoms. The molecule has 0 radical (unpaired) electrons. The van der Waals surface area contributed by atoms with Crippen LogP contribution in [0.5, 0.6) is 0 Å². The molecule has 0 N–H and O–H groups in total. The van der Waals surface area contributed by atoms with Gasteiger partial charge in [-0.3, -0.25) is 9.89 Å². The predicted molar refractivity (Wildman–Crippen MR) is 90.9 cm³/mol.